The Morgan fingerprint density at radius 2 is 1.94 bits per heavy atom. The number of nitrogens with zero attached hydrogens (tertiary/aromatic N) is 3. The fraction of sp³-hybridized carbons (Fsp3) is 0.130. The highest BCUT2D eigenvalue weighted by atomic mass is 32.2. The number of methoxy groups -OCH3 is 1. The molecule has 0 aliphatic carbocycles. The second-order valence-electron chi connectivity index (χ2n) is 6.85. The highest BCUT2D eigenvalue weighted by molar-refractivity contribution is 7.99. The van der Waals surface area contributed by atoms with E-state index >= 15 is 0 Å². The van der Waals surface area contributed by atoms with E-state index in [0.717, 1.165) is 44.7 Å². The summed E-state index contributed by atoms with van der Waals surface area (Å²) in [5.74, 6) is -1.22. The molecule has 0 aliphatic heterocycles. The molecule has 0 saturated carbocycles. The number of amides is 1. The minimum absolute atomic E-state index is 0.00236. The molecule has 0 bridgehead atoms. The smallest absolute Gasteiger partial charge is 0.234 e. The van der Waals surface area contributed by atoms with Crippen molar-refractivity contribution in [3.8, 4) is 26.9 Å². The number of thioether (sulfide) groups is 1. The van der Waals surface area contributed by atoms with E-state index in [9.17, 15) is 13.6 Å². The van der Waals surface area contributed by atoms with Crippen molar-refractivity contribution in [3.63, 3.8) is 0 Å². The maximum Gasteiger partial charge on any atom is 0.234 e. The van der Waals surface area contributed by atoms with Crippen LogP contribution in [0.15, 0.2) is 59.6 Å². The molecular formula is C23H18F2N4O2S2. The number of hydrogen-bond acceptors (Lipinski definition) is 7. The number of para-hydroxylation sites is 1. The first-order valence-electron chi connectivity index (χ1n) is 9.77. The van der Waals surface area contributed by atoms with E-state index in [0.29, 0.717) is 16.8 Å². The van der Waals surface area contributed by atoms with Crippen molar-refractivity contribution in [1.29, 1.82) is 0 Å². The highest BCUT2D eigenvalue weighted by Gasteiger charge is 2.16. The van der Waals surface area contributed by atoms with Gasteiger partial charge in [-0.05, 0) is 43.3 Å². The number of hydrogen-bond donors (Lipinski definition) is 1. The van der Waals surface area contributed by atoms with Crippen LogP contribution in [0.25, 0.3) is 21.1 Å². The van der Waals surface area contributed by atoms with Gasteiger partial charge in [0.15, 0.2) is 0 Å². The van der Waals surface area contributed by atoms with Crippen molar-refractivity contribution >= 4 is 34.7 Å². The van der Waals surface area contributed by atoms with Gasteiger partial charge in [0.2, 0.25) is 5.91 Å². The zero-order valence-corrected chi connectivity index (χ0v) is 19.3. The predicted molar refractivity (Wildman–Crippen MR) is 126 cm³/mol. The summed E-state index contributed by atoms with van der Waals surface area (Å²) >= 11 is 2.66. The fourth-order valence-electron chi connectivity index (χ4n) is 3.01. The number of aryl methyl sites for hydroxylation is 1. The summed E-state index contributed by atoms with van der Waals surface area (Å²) in [6.45, 7) is 1.91. The molecule has 0 fully saturated rings. The van der Waals surface area contributed by atoms with Gasteiger partial charge >= 0.3 is 0 Å². The Balaban J connectivity index is 1.42. The topological polar surface area (TPSA) is 77.0 Å². The van der Waals surface area contributed by atoms with E-state index in [1.165, 1.54) is 17.4 Å². The van der Waals surface area contributed by atoms with Crippen molar-refractivity contribution < 1.29 is 18.3 Å². The van der Waals surface area contributed by atoms with Crippen LogP contribution in [-0.4, -0.2) is 34.0 Å². The van der Waals surface area contributed by atoms with Gasteiger partial charge in [0.25, 0.3) is 0 Å². The van der Waals surface area contributed by atoms with Crippen LogP contribution in [0.4, 0.5) is 14.5 Å². The van der Waals surface area contributed by atoms with E-state index in [2.05, 4.69) is 20.5 Å². The Labute approximate surface area is 197 Å². The van der Waals surface area contributed by atoms with Gasteiger partial charge in [0.05, 0.1) is 34.7 Å². The van der Waals surface area contributed by atoms with Gasteiger partial charge in [0, 0.05) is 6.07 Å². The van der Waals surface area contributed by atoms with Gasteiger partial charge in [-0.15, -0.1) is 21.5 Å². The number of anilines is 1. The van der Waals surface area contributed by atoms with E-state index < -0.39 is 17.5 Å². The van der Waals surface area contributed by atoms with Gasteiger partial charge in [-0.2, -0.15) is 0 Å². The van der Waals surface area contributed by atoms with Crippen molar-refractivity contribution in [2.75, 3.05) is 18.2 Å². The van der Waals surface area contributed by atoms with Crippen molar-refractivity contribution in [2.45, 2.75) is 11.9 Å². The lowest BCUT2D eigenvalue weighted by atomic mass is 10.2. The van der Waals surface area contributed by atoms with Gasteiger partial charge in [-0.3, -0.25) is 4.79 Å². The average molecular weight is 485 g/mol. The van der Waals surface area contributed by atoms with Crippen molar-refractivity contribution in [3.05, 3.63) is 71.9 Å². The van der Waals surface area contributed by atoms with E-state index in [1.54, 1.807) is 13.2 Å². The normalized spacial score (nSPS) is 10.8. The SMILES string of the molecule is COc1ccccc1-c1nc(C)c(-c2ccc(SCC(=O)Nc3ccc(F)cc3F)nn2)s1. The van der Waals surface area contributed by atoms with Gasteiger partial charge < -0.3 is 10.1 Å². The van der Waals surface area contributed by atoms with Crippen LogP contribution in [0.2, 0.25) is 0 Å². The molecule has 0 atom stereocenters. The van der Waals surface area contributed by atoms with Crippen molar-refractivity contribution in [2.24, 2.45) is 0 Å². The molecule has 2 aromatic carbocycles. The van der Waals surface area contributed by atoms with Gasteiger partial charge in [-0.25, -0.2) is 13.8 Å². The number of aromatic nitrogens is 3. The van der Waals surface area contributed by atoms with E-state index in [4.69, 9.17) is 4.74 Å². The average Bonchev–Trinajstić information content (AvgIpc) is 3.21. The number of halogens is 2. The molecule has 2 aromatic heterocycles. The quantitative estimate of drug-likeness (QED) is 0.345. The van der Waals surface area contributed by atoms with Crippen LogP contribution in [0.1, 0.15) is 5.69 Å². The Morgan fingerprint density at radius 1 is 1.12 bits per heavy atom. The zero-order valence-electron chi connectivity index (χ0n) is 17.6. The van der Waals surface area contributed by atoms with Crippen LogP contribution in [0.3, 0.4) is 0 Å². The molecule has 0 aliphatic rings. The number of carbonyl (C=O) groups excluding carboxylic acids is 1. The third-order valence-electron chi connectivity index (χ3n) is 4.56. The second kappa shape index (κ2) is 10.1. The predicted octanol–water partition coefficient (Wildman–Crippen LogP) is 5.59. The van der Waals surface area contributed by atoms with Crippen LogP contribution >= 0.6 is 23.1 Å². The Morgan fingerprint density at radius 3 is 2.67 bits per heavy atom. The first-order valence-corrected chi connectivity index (χ1v) is 11.6. The van der Waals surface area contributed by atoms with Crippen LogP contribution in [-0.2, 0) is 4.79 Å². The Kier molecular flexibility index (Phi) is 6.95. The van der Waals surface area contributed by atoms with Gasteiger partial charge in [-0.1, -0.05) is 23.9 Å². The molecular weight excluding hydrogens is 466 g/mol. The molecule has 1 amide bonds. The molecule has 0 radical (unpaired) electrons. The molecule has 2 heterocycles. The minimum atomic E-state index is -0.829. The number of rotatable bonds is 7. The molecule has 6 nitrogen and oxygen atoms in total. The summed E-state index contributed by atoms with van der Waals surface area (Å²) in [5.41, 5.74) is 2.34. The third-order valence-corrected chi connectivity index (χ3v) is 6.70. The summed E-state index contributed by atoms with van der Waals surface area (Å²) in [5, 5.41) is 12.2. The van der Waals surface area contributed by atoms with Crippen LogP contribution in [0, 0.1) is 18.6 Å². The summed E-state index contributed by atoms with van der Waals surface area (Å²) in [6, 6.07) is 14.2. The van der Waals surface area contributed by atoms with E-state index in [1.807, 2.05) is 37.3 Å². The molecule has 10 heteroatoms. The maximum absolute atomic E-state index is 13.7. The Hall–Kier alpha value is -3.37. The number of ether oxygens (including phenoxy) is 1. The first-order chi connectivity index (χ1) is 15.9. The molecule has 4 aromatic rings. The molecule has 33 heavy (non-hydrogen) atoms. The molecule has 168 valence electrons. The summed E-state index contributed by atoms with van der Waals surface area (Å²) in [7, 11) is 1.62. The number of nitrogens with one attached hydrogen (secondary N) is 1. The minimum Gasteiger partial charge on any atom is -0.496 e. The maximum atomic E-state index is 13.7. The highest BCUT2D eigenvalue weighted by Crippen LogP contribution is 2.38. The Bertz CT molecular complexity index is 1300. The zero-order chi connectivity index (χ0) is 23.4. The summed E-state index contributed by atoms with van der Waals surface area (Å²) in [4.78, 5) is 17.6. The summed E-state index contributed by atoms with van der Waals surface area (Å²) < 4.78 is 32.1. The summed E-state index contributed by atoms with van der Waals surface area (Å²) in [6.07, 6.45) is 0. The first kappa shape index (κ1) is 22.8. The van der Waals surface area contributed by atoms with Crippen molar-refractivity contribution in [1.82, 2.24) is 15.2 Å². The molecule has 1 N–H and O–H groups in total. The largest absolute Gasteiger partial charge is 0.496 e. The third kappa shape index (κ3) is 5.35. The van der Waals surface area contributed by atoms with Crippen LogP contribution in [0.5, 0.6) is 5.75 Å². The second-order valence-corrected chi connectivity index (χ2v) is 8.85. The van der Waals surface area contributed by atoms with Gasteiger partial charge in [0.1, 0.15) is 33.1 Å². The molecule has 0 unspecified atom stereocenters. The number of thiazole rings is 1. The lowest BCUT2D eigenvalue weighted by Gasteiger charge is -2.06. The standard InChI is InChI=1S/C23H18F2N4O2S2/c1-13-22(33-23(26-13)15-5-3-4-6-19(15)31-2)18-9-10-21(29-28-18)32-12-20(30)27-17-8-7-14(24)11-16(17)25/h3-11H,12H2,1-2H3,(H,27,30). The fourth-order valence-corrected chi connectivity index (χ4v) is 4.68. The molecule has 0 spiro atoms. The lowest BCUT2D eigenvalue weighted by Crippen LogP contribution is -2.15. The molecule has 4 rings (SSSR count). The lowest BCUT2D eigenvalue weighted by molar-refractivity contribution is -0.113. The number of carbonyl (C=O) groups is 1. The van der Waals surface area contributed by atoms with E-state index in [-0.39, 0.29) is 11.4 Å². The molecule has 0 saturated heterocycles. The monoisotopic (exact) mass is 484 g/mol. The number of benzene rings is 2. The van der Waals surface area contributed by atoms with Crippen LogP contribution < -0.4 is 10.1 Å².